The third kappa shape index (κ3) is 1.20. The van der Waals surface area contributed by atoms with Crippen LogP contribution >= 0.6 is 0 Å². The monoisotopic (exact) mass is 114 g/mol. The maximum absolute atomic E-state index is 10.5. The van der Waals surface area contributed by atoms with E-state index >= 15 is 0 Å². The van der Waals surface area contributed by atoms with Crippen molar-refractivity contribution in [3.8, 4) is 0 Å². The van der Waals surface area contributed by atoms with Crippen LogP contribution in [0.25, 0.3) is 0 Å². The van der Waals surface area contributed by atoms with E-state index in [2.05, 4.69) is 5.32 Å². The highest BCUT2D eigenvalue weighted by molar-refractivity contribution is 5.76. The summed E-state index contributed by atoms with van der Waals surface area (Å²) < 4.78 is 0. The molecule has 1 fully saturated rings. The van der Waals surface area contributed by atoms with Gasteiger partial charge in [0, 0.05) is 13.0 Å². The van der Waals surface area contributed by atoms with Gasteiger partial charge in [-0.05, 0) is 6.42 Å². The van der Waals surface area contributed by atoms with Crippen molar-refractivity contribution in [2.24, 2.45) is 0 Å². The summed E-state index contributed by atoms with van der Waals surface area (Å²) in [6.07, 6.45) is 0.354. The minimum absolute atomic E-state index is 0.0112. The topological polar surface area (TPSA) is 49.0 Å². The number of hydrogen-bond donors (Lipinski definition) is 1. The fourth-order valence-electron chi connectivity index (χ4n) is 0.710. The van der Waals surface area contributed by atoms with Gasteiger partial charge in [-0.2, -0.15) is 0 Å². The maximum Gasteiger partial charge on any atom is 0.220 e. The van der Waals surface area contributed by atoms with Crippen molar-refractivity contribution in [1.29, 1.82) is 0 Å². The Balaban J connectivity index is 2.29. The Bertz CT molecular complexity index is 92.6. The van der Waals surface area contributed by atoms with Crippen molar-refractivity contribution in [2.45, 2.75) is 18.9 Å². The van der Waals surface area contributed by atoms with Crippen LogP contribution in [0.15, 0.2) is 0 Å². The highest BCUT2D eigenvalue weighted by atomic mass is 16.3. The molecule has 0 aliphatic carbocycles. The van der Waals surface area contributed by atoms with E-state index in [0.717, 1.165) is 0 Å². The summed E-state index contributed by atoms with van der Waals surface area (Å²) in [7, 11) is 0. The molecule has 0 aromatic heterocycles. The number of hydrogen-bond acceptors (Lipinski definition) is 1. The predicted molar refractivity (Wildman–Crippen MR) is 26.7 cm³/mol. The fraction of sp³-hybridized carbons (Fsp3) is 0.800. The molecule has 1 N–H and O–H groups in total. The SMILES string of the molecule is [O]C1CCC(=O)NC1. The first-order valence-electron chi connectivity index (χ1n) is 2.71. The number of carbonyl (C=O) groups is 1. The second kappa shape index (κ2) is 2.13. The fourth-order valence-corrected chi connectivity index (χ4v) is 0.710. The molecule has 1 aliphatic heterocycles. The molecular weight excluding hydrogens is 106 g/mol. The highest BCUT2D eigenvalue weighted by Crippen LogP contribution is 2.01. The van der Waals surface area contributed by atoms with Gasteiger partial charge in [0.2, 0.25) is 5.91 Å². The molecule has 3 nitrogen and oxygen atoms in total. The molecule has 1 amide bonds. The van der Waals surface area contributed by atoms with Crippen LogP contribution in [-0.2, 0) is 9.90 Å². The Kier molecular flexibility index (Phi) is 1.48. The van der Waals surface area contributed by atoms with E-state index in [4.69, 9.17) is 0 Å². The van der Waals surface area contributed by atoms with E-state index in [-0.39, 0.29) is 5.91 Å². The van der Waals surface area contributed by atoms with Gasteiger partial charge in [0.1, 0.15) is 6.10 Å². The summed E-state index contributed by atoms with van der Waals surface area (Å²) in [6.45, 7) is 0.318. The first-order valence-corrected chi connectivity index (χ1v) is 2.71. The summed E-state index contributed by atoms with van der Waals surface area (Å²) in [5.74, 6) is 0.0112. The van der Waals surface area contributed by atoms with Crippen LogP contribution in [0.1, 0.15) is 12.8 Å². The van der Waals surface area contributed by atoms with Gasteiger partial charge in [-0.3, -0.25) is 4.79 Å². The van der Waals surface area contributed by atoms with Crippen molar-refractivity contribution in [3.63, 3.8) is 0 Å². The van der Waals surface area contributed by atoms with Crippen LogP contribution in [0.2, 0.25) is 0 Å². The van der Waals surface area contributed by atoms with E-state index in [1.54, 1.807) is 0 Å². The number of amides is 1. The van der Waals surface area contributed by atoms with Crippen LogP contribution in [0, 0.1) is 0 Å². The van der Waals surface area contributed by atoms with Gasteiger partial charge in [0.05, 0.1) is 0 Å². The van der Waals surface area contributed by atoms with Crippen LogP contribution in [0.3, 0.4) is 0 Å². The third-order valence-electron chi connectivity index (χ3n) is 1.22. The molecule has 0 bridgehead atoms. The molecule has 45 valence electrons. The smallest absolute Gasteiger partial charge is 0.220 e. The molecule has 1 rings (SSSR count). The Morgan fingerprint density at radius 1 is 1.62 bits per heavy atom. The van der Waals surface area contributed by atoms with E-state index in [1.165, 1.54) is 0 Å². The van der Waals surface area contributed by atoms with Gasteiger partial charge >= 0.3 is 0 Å². The van der Waals surface area contributed by atoms with Crippen molar-refractivity contribution in [1.82, 2.24) is 5.32 Å². The van der Waals surface area contributed by atoms with Gasteiger partial charge in [0.25, 0.3) is 0 Å². The lowest BCUT2D eigenvalue weighted by Gasteiger charge is -2.14. The van der Waals surface area contributed by atoms with Crippen molar-refractivity contribution >= 4 is 5.91 Å². The van der Waals surface area contributed by atoms with E-state index < -0.39 is 6.10 Å². The van der Waals surface area contributed by atoms with Gasteiger partial charge in [-0.25, -0.2) is 5.11 Å². The molecule has 0 spiro atoms. The zero-order chi connectivity index (χ0) is 5.98. The third-order valence-corrected chi connectivity index (χ3v) is 1.22. The van der Waals surface area contributed by atoms with Crippen LogP contribution < -0.4 is 5.32 Å². The summed E-state index contributed by atoms with van der Waals surface area (Å²) in [5.41, 5.74) is 0. The minimum atomic E-state index is -0.562. The summed E-state index contributed by atoms with van der Waals surface area (Å²) in [6, 6.07) is 0. The lowest BCUT2D eigenvalue weighted by atomic mass is 10.1. The van der Waals surface area contributed by atoms with Crippen molar-refractivity contribution in [3.05, 3.63) is 0 Å². The van der Waals surface area contributed by atoms with Crippen LogP contribution in [0.4, 0.5) is 0 Å². The summed E-state index contributed by atoms with van der Waals surface area (Å²) in [5, 5.41) is 13.0. The number of nitrogens with one attached hydrogen (secondary N) is 1. The maximum atomic E-state index is 10.5. The van der Waals surface area contributed by atoms with Gasteiger partial charge in [-0.1, -0.05) is 0 Å². The molecule has 1 aliphatic rings. The van der Waals surface area contributed by atoms with Crippen molar-refractivity contribution in [2.75, 3.05) is 6.54 Å². The molecular formula is C5H8NO2. The van der Waals surface area contributed by atoms with E-state index in [9.17, 15) is 9.90 Å². The Morgan fingerprint density at radius 3 is 2.75 bits per heavy atom. The van der Waals surface area contributed by atoms with Crippen LogP contribution in [0.5, 0.6) is 0 Å². The molecule has 1 atom stereocenters. The van der Waals surface area contributed by atoms with Crippen LogP contribution in [-0.4, -0.2) is 18.6 Å². The van der Waals surface area contributed by atoms with Crippen molar-refractivity contribution < 1.29 is 9.90 Å². The summed E-state index contributed by atoms with van der Waals surface area (Å²) >= 11 is 0. The molecule has 0 aromatic carbocycles. The quantitative estimate of drug-likeness (QED) is 0.461. The number of rotatable bonds is 0. The standard InChI is InChI=1S/C5H8NO2/c7-4-1-2-5(8)6-3-4/h4H,1-3H2,(H,6,8). The first kappa shape index (κ1) is 5.56. The second-order valence-corrected chi connectivity index (χ2v) is 1.96. The largest absolute Gasteiger partial charge is 0.353 e. The Labute approximate surface area is 47.7 Å². The zero-order valence-corrected chi connectivity index (χ0v) is 4.52. The number of piperidine rings is 1. The van der Waals surface area contributed by atoms with E-state index in [0.29, 0.717) is 19.4 Å². The molecule has 1 heterocycles. The first-order chi connectivity index (χ1) is 3.79. The summed E-state index contributed by atoms with van der Waals surface area (Å²) in [4.78, 5) is 10.4. The number of carbonyl (C=O) groups excluding carboxylic acids is 1. The second-order valence-electron chi connectivity index (χ2n) is 1.96. The highest BCUT2D eigenvalue weighted by Gasteiger charge is 2.15. The predicted octanol–water partition coefficient (Wildman–Crippen LogP) is -0.305. The molecule has 8 heavy (non-hydrogen) atoms. The molecule has 1 radical (unpaired) electrons. The molecule has 1 saturated heterocycles. The average molecular weight is 114 g/mol. The van der Waals surface area contributed by atoms with Gasteiger partial charge < -0.3 is 5.32 Å². The molecule has 0 saturated carbocycles. The van der Waals surface area contributed by atoms with E-state index in [1.807, 2.05) is 0 Å². The molecule has 3 heteroatoms. The average Bonchev–Trinajstić information content (AvgIpc) is 1.77. The lowest BCUT2D eigenvalue weighted by molar-refractivity contribution is -0.124. The minimum Gasteiger partial charge on any atom is -0.353 e. The lowest BCUT2D eigenvalue weighted by Crippen LogP contribution is -2.37. The Morgan fingerprint density at radius 2 is 2.38 bits per heavy atom. The normalized spacial score (nSPS) is 29.6. The molecule has 1 unspecified atom stereocenters. The zero-order valence-electron chi connectivity index (χ0n) is 4.52. The van der Waals surface area contributed by atoms with Gasteiger partial charge in [0.15, 0.2) is 0 Å². The Hall–Kier alpha value is -0.570. The van der Waals surface area contributed by atoms with Gasteiger partial charge in [-0.15, -0.1) is 0 Å². The molecule has 0 aromatic rings.